The maximum Gasteiger partial charge on any atom is 0.223 e. The minimum absolute atomic E-state index is 0.314. The second-order valence-corrected chi connectivity index (χ2v) is 4.89. The van der Waals surface area contributed by atoms with E-state index in [1.54, 1.807) is 0 Å². The highest BCUT2D eigenvalue weighted by Gasteiger charge is 2.29. The highest BCUT2D eigenvalue weighted by molar-refractivity contribution is 5.79. The number of likely N-dealkylation sites (N-methyl/N-ethyl adjacent to an activating group) is 1. The fourth-order valence-corrected chi connectivity index (χ4v) is 2.60. The summed E-state index contributed by atoms with van der Waals surface area (Å²) in [5.41, 5.74) is 0. The van der Waals surface area contributed by atoms with Gasteiger partial charge in [-0.3, -0.25) is 9.69 Å². The third-order valence-corrected chi connectivity index (χ3v) is 3.73. The zero-order valence-electron chi connectivity index (χ0n) is 9.67. The Morgan fingerprint density at radius 3 is 2.53 bits per heavy atom. The first-order chi connectivity index (χ1) is 7.29. The Morgan fingerprint density at radius 1 is 1.27 bits per heavy atom. The molecular weight excluding hydrogens is 188 g/mol. The van der Waals surface area contributed by atoms with Gasteiger partial charge in [0.2, 0.25) is 5.91 Å². The van der Waals surface area contributed by atoms with Crippen molar-refractivity contribution >= 4 is 5.91 Å². The summed E-state index contributed by atoms with van der Waals surface area (Å²) in [6.45, 7) is 5.37. The second-order valence-electron chi connectivity index (χ2n) is 4.89. The molecule has 1 saturated heterocycles. The minimum Gasteiger partial charge on any atom is -0.351 e. The van der Waals surface area contributed by atoms with E-state index in [4.69, 9.17) is 0 Å². The first-order valence-corrected chi connectivity index (χ1v) is 6.32. The van der Waals surface area contributed by atoms with Crippen LogP contribution in [0, 0.1) is 5.92 Å². The van der Waals surface area contributed by atoms with Gasteiger partial charge in [0.15, 0.2) is 0 Å². The molecule has 3 nitrogen and oxygen atoms in total. The van der Waals surface area contributed by atoms with Crippen LogP contribution < -0.4 is 5.32 Å². The van der Waals surface area contributed by atoms with Crippen molar-refractivity contribution in [1.82, 2.24) is 10.2 Å². The summed E-state index contributed by atoms with van der Waals surface area (Å²) in [5, 5.41) is 3.17. The van der Waals surface area contributed by atoms with Crippen molar-refractivity contribution in [3.05, 3.63) is 0 Å². The van der Waals surface area contributed by atoms with Crippen LogP contribution in [0.15, 0.2) is 0 Å². The van der Waals surface area contributed by atoms with Crippen LogP contribution in [-0.2, 0) is 4.79 Å². The molecule has 0 bridgehead atoms. The third-order valence-electron chi connectivity index (χ3n) is 3.73. The van der Waals surface area contributed by atoms with Gasteiger partial charge in [-0.05, 0) is 19.4 Å². The Kier molecular flexibility index (Phi) is 3.62. The van der Waals surface area contributed by atoms with Crippen LogP contribution in [0.3, 0.4) is 0 Å². The number of carbonyl (C=O) groups excluding carboxylic acids is 1. The Labute approximate surface area is 92.2 Å². The average molecular weight is 210 g/mol. The molecule has 86 valence electrons. The van der Waals surface area contributed by atoms with Gasteiger partial charge in [0.25, 0.3) is 0 Å². The van der Waals surface area contributed by atoms with Gasteiger partial charge >= 0.3 is 0 Å². The van der Waals surface area contributed by atoms with Crippen LogP contribution in [0.1, 0.15) is 39.0 Å². The summed E-state index contributed by atoms with van der Waals surface area (Å²) in [6.07, 6.45) is 6.01. The molecule has 2 aliphatic rings. The van der Waals surface area contributed by atoms with E-state index in [0.29, 0.717) is 17.9 Å². The quantitative estimate of drug-likeness (QED) is 0.763. The molecule has 1 N–H and O–H groups in total. The van der Waals surface area contributed by atoms with Gasteiger partial charge in [-0.1, -0.05) is 26.2 Å². The van der Waals surface area contributed by atoms with Gasteiger partial charge < -0.3 is 5.32 Å². The molecule has 2 rings (SSSR count). The maximum absolute atomic E-state index is 11.9. The molecule has 0 radical (unpaired) electrons. The van der Waals surface area contributed by atoms with Crippen molar-refractivity contribution in [3.8, 4) is 0 Å². The van der Waals surface area contributed by atoms with E-state index < -0.39 is 0 Å². The summed E-state index contributed by atoms with van der Waals surface area (Å²) in [7, 11) is 0. The largest absolute Gasteiger partial charge is 0.351 e. The molecule has 1 aliphatic heterocycles. The van der Waals surface area contributed by atoms with E-state index in [0.717, 1.165) is 32.5 Å². The van der Waals surface area contributed by atoms with Crippen molar-refractivity contribution in [2.45, 2.75) is 45.1 Å². The Hall–Kier alpha value is -0.570. The fraction of sp³-hybridized carbons (Fsp3) is 0.917. The summed E-state index contributed by atoms with van der Waals surface area (Å²) < 4.78 is 0. The number of likely N-dealkylation sites (tertiary alicyclic amines) is 1. The Morgan fingerprint density at radius 2 is 1.93 bits per heavy atom. The first kappa shape index (κ1) is 10.9. The first-order valence-electron chi connectivity index (χ1n) is 6.32. The summed E-state index contributed by atoms with van der Waals surface area (Å²) in [5.74, 6) is 0.630. The molecule has 1 amide bonds. The zero-order valence-corrected chi connectivity index (χ0v) is 9.67. The molecule has 0 spiro atoms. The second kappa shape index (κ2) is 4.97. The average Bonchev–Trinajstić information content (AvgIpc) is 2.23. The van der Waals surface area contributed by atoms with Gasteiger partial charge in [-0.15, -0.1) is 0 Å². The number of nitrogens with one attached hydrogen (secondary N) is 1. The zero-order chi connectivity index (χ0) is 10.7. The van der Waals surface area contributed by atoms with Gasteiger partial charge in [-0.2, -0.15) is 0 Å². The Balaban J connectivity index is 1.68. The van der Waals surface area contributed by atoms with Crippen LogP contribution in [0.5, 0.6) is 0 Å². The lowest BCUT2D eigenvalue weighted by molar-refractivity contribution is -0.127. The predicted octanol–water partition coefficient (Wildman–Crippen LogP) is 1.39. The van der Waals surface area contributed by atoms with Gasteiger partial charge in [0, 0.05) is 19.0 Å². The van der Waals surface area contributed by atoms with Crippen molar-refractivity contribution < 1.29 is 4.79 Å². The minimum atomic E-state index is 0.314. The summed E-state index contributed by atoms with van der Waals surface area (Å²) in [4.78, 5) is 14.2. The molecule has 15 heavy (non-hydrogen) atoms. The standard InChI is InChI=1S/C12H22N2O/c1-2-14-8-11(9-14)13-12(15)10-6-4-3-5-7-10/h10-11H,2-9H2,1H3,(H,13,15). The van der Waals surface area contributed by atoms with E-state index in [1.165, 1.54) is 19.3 Å². The fourth-order valence-electron chi connectivity index (χ4n) is 2.60. The van der Waals surface area contributed by atoms with Crippen molar-refractivity contribution in [3.63, 3.8) is 0 Å². The molecule has 0 atom stereocenters. The summed E-state index contributed by atoms with van der Waals surface area (Å²) in [6, 6.07) is 0.430. The molecule has 0 unspecified atom stereocenters. The lowest BCUT2D eigenvalue weighted by Crippen LogP contribution is -2.59. The normalized spacial score (nSPS) is 24.9. The molecule has 0 aromatic carbocycles. The van der Waals surface area contributed by atoms with Gasteiger partial charge in [-0.25, -0.2) is 0 Å². The lowest BCUT2D eigenvalue weighted by atomic mass is 9.88. The van der Waals surface area contributed by atoms with Crippen LogP contribution in [0.2, 0.25) is 0 Å². The van der Waals surface area contributed by atoms with E-state index in [9.17, 15) is 4.79 Å². The number of carbonyl (C=O) groups is 1. The van der Waals surface area contributed by atoms with Crippen molar-refractivity contribution in [2.75, 3.05) is 19.6 Å². The van der Waals surface area contributed by atoms with Crippen LogP contribution in [0.4, 0.5) is 0 Å². The maximum atomic E-state index is 11.9. The van der Waals surface area contributed by atoms with Gasteiger partial charge in [0.05, 0.1) is 6.04 Å². The molecule has 1 saturated carbocycles. The third kappa shape index (κ3) is 2.71. The van der Waals surface area contributed by atoms with E-state index in [2.05, 4.69) is 17.1 Å². The topological polar surface area (TPSA) is 32.3 Å². The monoisotopic (exact) mass is 210 g/mol. The van der Waals surface area contributed by atoms with Gasteiger partial charge in [0.1, 0.15) is 0 Å². The molecule has 0 aromatic heterocycles. The van der Waals surface area contributed by atoms with E-state index in [-0.39, 0.29) is 0 Å². The number of amides is 1. The van der Waals surface area contributed by atoms with Crippen LogP contribution in [0.25, 0.3) is 0 Å². The molecule has 1 heterocycles. The highest BCUT2D eigenvalue weighted by Crippen LogP contribution is 2.24. The number of rotatable bonds is 3. The predicted molar refractivity (Wildman–Crippen MR) is 60.6 cm³/mol. The molecule has 2 fully saturated rings. The number of hydrogen-bond donors (Lipinski definition) is 1. The van der Waals surface area contributed by atoms with Crippen LogP contribution in [-0.4, -0.2) is 36.5 Å². The molecule has 0 aromatic rings. The number of nitrogens with zero attached hydrogens (tertiary/aromatic N) is 1. The highest BCUT2D eigenvalue weighted by atomic mass is 16.2. The Bertz CT molecular complexity index is 218. The van der Waals surface area contributed by atoms with E-state index >= 15 is 0 Å². The summed E-state index contributed by atoms with van der Waals surface area (Å²) >= 11 is 0. The smallest absolute Gasteiger partial charge is 0.223 e. The van der Waals surface area contributed by atoms with Crippen molar-refractivity contribution in [1.29, 1.82) is 0 Å². The van der Waals surface area contributed by atoms with Crippen LogP contribution >= 0.6 is 0 Å². The molecule has 3 heteroatoms. The lowest BCUT2D eigenvalue weighted by Gasteiger charge is -2.39. The SMILES string of the molecule is CCN1CC(NC(=O)C2CCCCC2)C1. The van der Waals surface area contributed by atoms with Crippen molar-refractivity contribution in [2.24, 2.45) is 5.92 Å². The van der Waals surface area contributed by atoms with E-state index in [1.807, 2.05) is 0 Å². The molecular formula is C12H22N2O. The molecule has 1 aliphatic carbocycles. The number of hydrogen-bond acceptors (Lipinski definition) is 2.